The maximum Gasteiger partial charge on any atom is 0.00386 e. The number of hydrogen-bond donors (Lipinski definition) is 1. The van der Waals surface area contributed by atoms with Crippen LogP contribution in [-0.4, -0.2) is 37.6 Å². The maximum atomic E-state index is 3.37. The van der Waals surface area contributed by atoms with Gasteiger partial charge in [0.05, 0.1) is 0 Å². The molecule has 0 aromatic rings. The Hall–Kier alpha value is -0.0800. The molecule has 1 aliphatic carbocycles. The fourth-order valence-corrected chi connectivity index (χ4v) is 3.56. The zero-order chi connectivity index (χ0) is 9.43. The molecule has 0 amide bonds. The van der Waals surface area contributed by atoms with E-state index in [2.05, 4.69) is 10.2 Å². The molecule has 1 N–H and O–H groups in total. The van der Waals surface area contributed by atoms with Gasteiger partial charge in [0.2, 0.25) is 0 Å². The van der Waals surface area contributed by atoms with Crippen molar-refractivity contribution in [2.75, 3.05) is 32.7 Å². The van der Waals surface area contributed by atoms with Gasteiger partial charge in [-0.05, 0) is 37.1 Å². The van der Waals surface area contributed by atoms with Crippen molar-refractivity contribution in [2.24, 2.45) is 11.3 Å². The van der Waals surface area contributed by atoms with Crippen molar-refractivity contribution in [3.8, 4) is 0 Å². The van der Waals surface area contributed by atoms with Crippen LogP contribution in [0.4, 0.5) is 0 Å². The molecule has 3 rings (SSSR count). The van der Waals surface area contributed by atoms with Gasteiger partial charge in [0, 0.05) is 26.2 Å². The average molecular weight is 194 g/mol. The summed E-state index contributed by atoms with van der Waals surface area (Å²) in [5.41, 5.74) is 0.775. The molecule has 2 aliphatic heterocycles. The monoisotopic (exact) mass is 194 g/mol. The zero-order valence-electron chi connectivity index (χ0n) is 9.10. The largest absolute Gasteiger partial charge is 0.316 e. The first-order valence-corrected chi connectivity index (χ1v) is 6.29. The number of rotatable bonds is 2. The summed E-state index contributed by atoms with van der Waals surface area (Å²) in [5.74, 6) is 0.964. The predicted octanol–water partition coefficient (Wildman–Crippen LogP) is 1.47. The minimum absolute atomic E-state index is 0.775. The van der Waals surface area contributed by atoms with Crippen LogP contribution in [-0.2, 0) is 0 Å². The van der Waals surface area contributed by atoms with Crippen LogP contribution in [0.25, 0.3) is 0 Å². The number of likely N-dealkylation sites (tertiary alicyclic amines) is 1. The lowest BCUT2D eigenvalue weighted by Gasteiger charge is -2.32. The summed E-state index contributed by atoms with van der Waals surface area (Å²) in [6.45, 7) is 6.71. The SMILES string of the molecule is C1CCC2(C1)CCN(CC1CNC1)C2. The Bertz CT molecular complexity index is 204. The van der Waals surface area contributed by atoms with E-state index in [1.807, 2.05) is 0 Å². The first kappa shape index (κ1) is 9.17. The third kappa shape index (κ3) is 1.59. The molecule has 0 atom stereocenters. The van der Waals surface area contributed by atoms with Crippen LogP contribution in [0, 0.1) is 11.3 Å². The Kier molecular flexibility index (Phi) is 2.29. The van der Waals surface area contributed by atoms with Crippen LogP contribution in [0.15, 0.2) is 0 Å². The molecule has 2 saturated heterocycles. The molecule has 0 radical (unpaired) electrons. The molecular formula is C12H22N2. The smallest absolute Gasteiger partial charge is 0.00386 e. The van der Waals surface area contributed by atoms with E-state index in [-0.39, 0.29) is 0 Å². The summed E-state index contributed by atoms with van der Waals surface area (Å²) in [5, 5.41) is 3.37. The molecule has 2 heteroatoms. The molecule has 2 heterocycles. The minimum Gasteiger partial charge on any atom is -0.316 e. The molecule has 14 heavy (non-hydrogen) atoms. The first-order valence-electron chi connectivity index (χ1n) is 6.29. The molecule has 1 saturated carbocycles. The maximum absolute atomic E-state index is 3.37. The fourth-order valence-electron chi connectivity index (χ4n) is 3.56. The molecule has 0 bridgehead atoms. The molecule has 0 aromatic carbocycles. The molecule has 0 unspecified atom stereocenters. The Morgan fingerprint density at radius 1 is 1.14 bits per heavy atom. The topological polar surface area (TPSA) is 15.3 Å². The lowest BCUT2D eigenvalue weighted by atomic mass is 9.86. The quantitative estimate of drug-likeness (QED) is 0.716. The lowest BCUT2D eigenvalue weighted by molar-refractivity contribution is 0.199. The van der Waals surface area contributed by atoms with E-state index in [4.69, 9.17) is 0 Å². The van der Waals surface area contributed by atoms with E-state index in [1.54, 1.807) is 0 Å². The molecule has 3 fully saturated rings. The van der Waals surface area contributed by atoms with Crippen molar-refractivity contribution in [2.45, 2.75) is 32.1 Å². The van der Waals surface area contributed by atoms with E-state index in [0.717, 1.165) is 11.3 Å². The van der Waals surface area contributed by atoms with Crippen molar-refractivity contribution in [3.63, 3.8) is 0 Å². The van der Waals surface area contributed by atoms with Crippen LogP contribution >= 0.6 is 0 Å². The van der Waals surface area contributed by atoms with Crippen LogP contribution < -0.4 is 5.32 Å². The van der Waals surface area contributed by atoms with Gasteiger partial charge >= 0.3 is 0 Å². The highest BCUT2D eigenvalue weighted by Crippen LogP contribution is 2.45. The normalized spacial score (nSPS) is 32.6. The van der Waals surface area contributed by atoms with Gasteiger partial charge in [0.15, 0.2) is 0 Å². The third-order valence-corrected chi connectivity index (χ3v) is 4.56. The highest BCUT2D eigenvalue weighted by atomic mass is 15.2. The summed E-state index contributed by atoms with van der Waals surface area (Å²) >= 11 is 0. The predicted molar refractivity (Wildman–Crippen MR) is 58.3 cm³/mol. The van der Waals surface area contributed by atoms with E-state index in [0.29, 0.717) is 0 Å². The summed E-state index contributed by atoms with van der Waals surface area (Å²) in [7, 11) is 0. The van der Waals surface area contributed by atoms with Gasteiger partial charge in [-0.3, -0.25) is 0 Å². The number of hydrogen-bond acceptors (Lipinski definition) is 2. The van der Waals surface area contributed by atoms with Gasteiger partial charge < -0.3 is 10.2 Å². The van der Waals surface area contributed by atoms with Gasteiger partial charge in [-0.1, -0.05) is 12.8 Å². The van der Waals surface area contributed by atoms with Gasteiger partial charge in [0.1, 0.15) is 0 Å². The second kappa shape index (κ2) is 3.49. The summed E-state index contributed by atoms with van der Waals surface area (Å²) in [6, 6.07) is 0. The van der Waals surface area contributed by atoms with E-state index in [1.165, 1.54) is 64.8 Å². The van der Waals surface area contributed by atoms with Crippen molar-refractivity contribution >= 4 is 0 Å². The molecule has 3 aliphatic rings. The lowest BCUT2D eigenvalue weighted by Crippen LogP contribution is -2.48. The fraction of sp³-hybridized carbons (Fsp3) is 1.00. The van der Waals surface area contributed by atoms with Gasteiger partial charge in [-0.25, -0.2) is 0 Å². The highest BCUT2D eigenvalue weighted by molar-refractivity contribution is 4.94. The van der Waals surface area contributed by atoms with Crippen molar-refractivity contribution in [1.82, 2.24) is 10.2 Å². The Balaban J connectivity index is 1.53. The summed E-state index contributed by atoms with van der Waals surface area (Å²) in [6.07, 6.45) is 7.53. The zero-order valence-corrected chi connectivity index (χ0v) is 9.10. The Morgan fingerprint density at radius 3 is 2.57 bits per heavy atom. The third-order valence-electron chi connectivity index (χ3n) is 4.56. The van der Waals surface area contributed by atoms with Gasteiger partial charge in [-0.2, -0.15) is 0 Å². The van der Waals surface area contributed by atoms with E-state index >= 15 is 0 Å². The molecule has 1 spiro atoms. The summed E-state index contributed by atoms with van der Waals surface area (Å²) in [4.78, 5) is 2.73. The van der Waals surface area contributed by atoms with E-state index < -0.39 is 0 Å². The minimum atomic E-state index is 0.775. The Labute approximate surface area is 87.0 Å². The first-order chi connectivity index (χ1) is 6.86. The van der Waals surface area contributed by atoms with Gasteiger partial charge in [0.25, 0.3) is 0 Å². The Morgan fingerprint density at radius 2 is 1.93 bits per heavy atom. The standard InChI is InChI=1S/C12H22N2/c1-2-4-12(3-1)5-6-14(10-12)9-11-7-13-8-11/h11,13H,1-10H2. The van der Waals surface area contributed by atoms with Crippen LogP contribution in [0.2, 0.25) is 0 Å². The molecular weight excluding hydrogens is 172 g/mol. The number of nitrogens with zero attached hydrogens (tertiary/aromatic N) is 1. The molecule has 80 valence electrons. The van der Waals surface area contributed by atoms with E-state index in [9.17, 15) is 0 Å². The van der Waals surface area contributed by atoms with Crippen molar-refractivity contribution in [3.05, 3.63) is 0 Å². The molecule has 2 nitrogen and oxygen atoms in total. The van der Waals surface area contributed by atoms with Crippen molar-refractivity contribution in [1.29, 1.82) is 0 Å². The second-order valence-corrected chi connectivity index (χ2v) is 5.72. The average Bonchev–Trinajstić information content (AvgIpc) is 2.71. The van der Waals surface area contributed by atoms with Crippen molar-refractivity contribution < 1.29 is 0 Å². The second-order valence-electron chi connectivity index (χ2n) is 5.72. The van der Waals surface area contributed by atoms with Gasteiger partial charge in [-0.15, -0.1) is 0 Å². The number of nitrogens with one attached hydrogen (secondary N) is 1. The highest BCUT2D eigenvalue weighted by Gasteiger charge is 2.40. The molecule has 0 aromatic heterocycles. The van der Waals surface area contributed by atoms with Crippen LogP contribution in [0.5, 0.6) is 0 Å². The summed E-state index contributed by atoms with van der Waals surface area (Å²) < 4.78 is 0. The van der Waals surface area contributed by atoms with Crippen LogP contribution in [0.1, 0.15) is 32.1 Å². The van der Waals surface area contributed by atoms with Crippen LogP contribution in [0.3, 0.4) is 0 Å².